The van der Waals surface area contributed by atoms with Crippen LogP contribution in [0, 0.1) is 0 Å². The first-order valence-electron chi connectivity index (χ1n) is 16.0. The monoisotopic (exact) mass is 485 g/mol. The van der Waals surface area contributed by atoms with E-state index in [1.165, 1.54) is 159 Å². The van der Waals surface area contributed by atoms with Crippen LogP contribution in [-0.2, 0) is 0 Å². The van der Waals surface area contributed by atoms with Gasteiger partial charge in [-0.15, -0.1) is 0 Å². The maximum absolute atomic E-state index is 2.33. The van der Waals surface area contributed by atoms with Gasteiger partial charge in [0, 0.05) is 0 Å². The predicted molar refractivity (Wildman–Crippen MR) is 159 cm³/mol. The van der Waals surface area contributed by atoms with E-state index < -0.39 is 0 Å². The molecule has 0 unspecified atom stereocenters. The minimum absolute atomic E-state index is 1.12. The van der Waals surface area contributed by atoms with E-state index in [-0.39, 0.29) is 0 Å². The largest absolute Gasteiger partial charge is 0.331 e. The van der Waals surface area contributed by atoms with Gasteiger partial charge in [0.1, 0.15) is 0 Å². The lowest BCUT2D eigenvalue weighted by Gasteiger charge is -2.35. The summed E-state index contributed by atoms with van der Waals surface area (Å²) in [5.41, 5.74) is 0. The smallest absolute Gasteiger partial charge is 0.0786 e. The second-order valence-electron chi connectivity index (χ2n) is 12.0. The Kier molecular flexibility index (Phi) is 27.6. The van der Waals surface area contributed by atoms with Crippen molar-refractivity contribution >= 4 is 0 Å². The van der Waals surface area contributed by atoms with Gasteiger partial charge in [-0.3, -0.25) is 0 Å². The zero-order valence-corrected chi connectivity index (χ0v) is 25.9. The molecule has 0 aliphatic heterocycles. The Labute approximate surface area is 219 Å². The van der Waals surface area contributed by atoms with E-state index in [0.29, 0.717) is 0 Å². The second-order valence-corrected chi connectivity index (χ2v) is 12.0. The summed E-state index contributed by atoms with van der Waals surface area (Å²) >= 11 is 0. The first kappa shape index (κ1) is 36.1. The molecule has 0 aromatic carbocycles. The highest BCUT2D eigenvalue weighted by molar-refractivity contribution is 4.49. The lowest BCUT2D eigenvalue weighted by atomic mass is 10.0. The van der Waals surface area contributed by atoms with Crippen LogP contribution in [0.2, 0.25) is 0 Å². The third-order valence-electron chi connectivity index (χ3n) is 7.93. The highest BCUT2D eigenvalue weighted by Crippen LogP contribution is 2.13. The van der Waals surface area contributed by atoms with Gasteiger partial charge in [-0.2, -0.15) is 0 Å². The molecule has 0 saturated heterocycles. The Morgan fingerprint density at radius 1 is 0.324 bits per heavy atom. The van der Waals surface area contributed by atoms with Crippen LogP contribution in [-0.4, -0.2) is 62.8 Å². The maximum atomic E-state index is 2.33. The molecule has 0 aliphatic rings. The SMILES string of the molecule is CCCCCCCCCCCCCCCC[N+](C)(C)C.CCCCCCC[N+](CC)(CC)CC. The average molecular weight is 485 g/mol. The van der Waals surface area contributed by atoms with Crippen LogP contribution in [0.5, 0.6) is 0 Å². The fourth-order valence-electron chi connectivity index (χ4n) is 4.98. The number of nitrogens with zero attached hydrogens (tertiary/aromatic N) is 2. The van der Waals surface area contributed by atoms with Crippen LogP contribution in [0.4, 0.5) is 0 Å². The van der Waals surface area contributed by atoms with Crippen molar-refractivity contribution in [3.8, 4) is 0 Å². The van der Waals surface area contributed by atoms with Crippen molar-refractivity contribution in [2.75, 3.05) is 53.9 Å². The number of rotatable bonds is 24. The Morgan fingerprint density at radius 2 is 0.588 bits per heavy atom. The molecule has 0 radical (unpaired) electrons. The van der Waals surface area contributed by atoms with Gasteiger partial charge in [0.15, 0.2) is 0 Å². The van der Waals surface area contributed by atoms with E-state index in [0.717, 1.165) is 4.48 Å². The normalized spacial score (nSPS) is 12.0. The minimum Gasteiger partial charge on any atom is -0.331 e. The Bertz CT molecular complexity index is 359. The molecular formula is C32H72N2+2. The first-order chi connectivity index (χ1) is 16.3. The van der Waals surface area contributed by atoms with Crippen molar-refractivity contribution in [2.24, 2.45) is 0 Å². The summed E-state index contributed by atoms with van der Waals surface area (Å²) in [6, 6.07) is 0. The van der Waals surface area contributed by atoms with Gasteiger partial charge < -0.3 is 8.97 Å². The summed E-state index contributed by atoms with van der Waals surface area (Å²) in [5, 5.41) is 0. The molecule has 0 heterocycles. The number of quaternary nitrogens is 2. The van der Waals surface area contributed by atoms with E-state index in [4.69, 9.17) is 0 Å². The van der Waals surface area contributed by atoms with Crippen molar-refractivity contribution in [2.45, 2.75) is 157 Å². The van der Waals surface area contributed by atoms with Crippen LogP contribution in [0.3, 0.4) is 0 Å². The first-order valence-corrected chi connectivity index (χ1v) is 16.0. The van der Waals surface area contributed by atoms with Crippen molar-refractivity contribution in [3.05, 3.63) is 0 Å². The van der Waals surface area contributed by atoms with Gasteiger partial charge in [0.05, 0.1) is 53.9 Å². The van der Waals surface area contributed by atoms with Gasteiger partial charge in [-0.05, 0) is 46.5 Å². The zero-order valence-electron chi connectivity index (χ0n) is 25.9. The maximum Gasteiger partial charge on any atom is 0.0786 e. The van der Waals surface area contributed by atoms with Crippen LogP contribution < -0.4 is 0 Å². The Balaban J connectivity index is 0. The topological polar surface area (TPSA) is 0 Å². The van der Waals surface area contributed by atoms with E-state index in [2.05, 4.69) is 55.8 Å². The van der Waals surface area contributed by atoms with Gasteiger partial charge in [-0.25, -0.2) is 0 Å². The molecule has 0 atom stereocenters. The predicted octanol–water partition coefficient (Wildman–Crippen LogP) is 10.0. The van der Waals surface area contributed by atoms with E-state index in [9.17, 15) is 0 Å². The van der Waals surface area contributed by atoms with Gasteiger partial charge in [0.25, 0.3) is 0 Å². The summed E-state index contributed by atoms with van der Waals surface area (Å²) in [6.45, 7) is 18.2. The van der Waals surface area contributed by atoms with E-state index in [1.807, 2.05) is 0 Å². The molecule has 0 N–H and O–H groups in total. The number of hydrogen-bond donors (Lipinski definition) is 0. The van der Waals surface area contributed by atoms with Crippen molar-refractivity contribution < 1.29 is 8.97 Å². The second kappa shape index (κ2) is 26.0. The molecule has 2 heteroatoms. The molecule has 0 amide bonds. The third kappa shape index (κ3) is 26.5. The van der Waals surface area contributed by atoms with Gasteiger partial charge >= 0.3 is 0 Å². The summed E-state index contributed by atoms with van der Waals surface area (Å²) in [6.07, 6.45) is 27.4. The van der Waals surface area contributed by atoms with Crippen LogP contribution >= 0.6 is 0 Å². The Hall–Kier alpha value is -0.0800. The Morgan fingerprint density at radius 3 is 0.853 bits per heavy atom. The molecule has 208 valence electrons. The number of hydrogen-bond acceptors (Lipinski definition) is 0. The highest BCUT2D eigenvalue weighted by Gasteiger charge is 2.19. The van der Waals surface area contributed by atoms with E-state index in [1.54, 1.807) is 0 Å². The van der Waals surface area contributed by atoms with Crippen molar-refractivity contribution in [1.29, 1.82) is 0 Å². The van der Waals surface area contributed by atoms with Crippen LogP contribution in [0.1, 0.15) is 157 Å². The number of unbranched alkanes of at least 4 members (excludes halogenated alkanes) is 17. The van der Waals surface area contributed by atoms with E-state index >= 15 is 0 Å². The van der Waals surface area contributed by atoms with Gasteiger partial charge in [0.2, 0.25) is 0 Å². The highest BCUT2D eigenvalue weighted by atomic mass is 15.3. The molecule has 0 aromatic rings. The third-order valence-corrected chi connectivity index (χ3v) is 7.93. The molecule has 34 heavy (non-hydrogen) atoms. The zero-order chi connectivity index (χ0) is 26.0. The summed E-state index contributed by atoms with van der Waals surface area (Å²) in [7, 11) is 6.88. The molecule has 0 aromatic heterocycles. The molecular weight excluding hydrogens is 412 g/mol. The molecule has 0 saturated carbocycles. The summed E-state index contributed by atoms with van der Waals surface area (Å²) in [4.78, 5) is 0. The van der Waals surface area contributed by atoms with Crippen molar-refractivity contribution in [3.63, 3.8) is 0 Å². The molecule has 0 fully saturated rings. The minimum atomic E-state index is 1.12. The molecule has 0 spiro atoms. The molecule has 0 bridgehead atoms. The van der Waals surface area contributed by atoms with Crippen LogP contribution in [0.15, 0.2) is 0 Å². The molecule has 0 rings (SSSR count). The standard InChI is InChI=1S/C19H42N.C13H30N/c1-5-6-7-8-9-10-11-12-13-14-15-16-17-18-19-20(2,3)4;1-5-9-10-11-12-13-14(6-2,7-3)8-4/h5-19H2,1-4H3;5-13H2,1-4H3/q2*+1. The lowest BCUT2D eigenvalue weighted by Crippen LogP contribution is -2.48. The lowest BCUT2D eigenvalue weighted by molar-refractivity contribution is -0.923. The molecule has 0 aliphatic carbocycles. The fraction of sp³-hybridized carbons (Fsp3) is 1.00. The van der Waals surface area contributed by atoms with Gasteiger partial charge in [-0.1, -0.05) is 110 Å². The summed E-state index contributed by atoms with van der Waals surface area (Å²) in [5.74, 6) is 0. The summed E-state index contributed by atoms with van der Waals surface area (Å²) < 4.78 is 2.45. The quantitative estimate of drug-likeness (QED) is 0.0944. The van der Waals surface area contributed by atoms with Crippen LogP contribution in [0.25, 0.3) is 0 Å². The molecule has 2 nitrogen and oxygen atoms in total. The average Bonchev–Trinajstić information content (AvgIpc) is 2.82. The fourth-order valence-corrected chi connectivity index (χ4v) is 4.98. The van der Waals surface area contributed by atoms with Crippen molar-refractivity contribution in [1.82, 2.24) is 0 Å².